The topological polar surface area (TPSA) is 43.1 Å². The van der Waals surface area contributed by atoms with Gasteiger partial charge in [-0.1, -0.05) is 13.0 Å². The predicted octanol–water partition coefficient (Wildman–Crippen LogP) is 3.28. The molecule has 3 heteroatoms. The first-order chi connectivity index (χ1) is 8.58. The molecule has 0 fully saturated rings. The van der Waals surface area contributed by atoms with Crippen LogP contribution in [0, 0.1) is 12.8 Å². The maximum Gasteiger partial charge on any atom is 0.193 e. The third-order valence-corrected chi connectivity index (χ3v) is 5.29. The highest BCUT2D eigenvalue weighted by Crippen LogP contribution is 2.33. The lowest BCUT2D eigenvalue weighted by atomic mass is 9.89. The molecule has 1 aromatic heterocycles. The largest absolute Gasteiger partial charge is 0.398 e. The minimum Gasteiger partial charge on any atom is -0.398 e. The molecule has 2 nitrogen and oxygen atoms in total. The van der Waals surface area contributed by atoms with Gasteiger partial charge in [0.15, 0.2) is 5.43 Å². The minimum atomic E-state index is 0.173. The summed E-state index contributed by atoms with van der Waals surface area (Å²) in [5.41, 5.74) is 8.97. The molecule has 94 valence electrons. The second-order valence-corrected chi connectivity index (χ2v) is 6.46. The van der Waals surface area contributed by atoms with E-state index in [1.54, 1.807) is 11.3 Å². The zero-order valence-electron chi connectivity index (χ0n) is 10.7. The van der Waals surface area contributed by atoms with E-state index in [2.05, 4.69) is 13.8 Å². The molecule has 0 bridgehead atoms. The summed E-state index contributed by atoms with van der Waals surface area (Å²) in [6.45, 7) is 4.27. The normalized spacial score (nSPS) is 18.9. The molecule has 1 unspecified atom stereocenters. The van der Waals surface area contributed by atoms with Gasteiger partial charge in [0, 0.05) is 20.8 Å². The molecule has 0 saturated heterocycles. The van der Waals surface area contributed by atoms with Gasteiger partial charge in [0.05, 0.1) is 5.39 Å². The van der Waals surface area contributed by atoms with Crippen LogP contribution in [-0.2, 0) is 12.8 Å². The fraction of sp³-hybridized carbons (Fsp3) is 0.400. The zero-order valence-corrected chi connectivity index (χ0v) is 11.6. The average Bonchev–Trinajstić information content (AvgIpc) is 2.35. The highest BCUT2D eigenvalue weighted by atomic mass is 32.1. The van der Waals surface area contributed by atoms with Gasteiger partial charge >= 0.3 is 0 Å². The van der Waals surface area contributed by atoms with E-state index in [0.29, 0.717) is 11.6 Å². The Morgan fingerprint density at radius 1 is 1.39 bits per heavy atom. The number of rotatable bonds is 0. The van der Waals surface area contributed by atoms with Crippen molar-refractivity contribution in [3.05, 3.63) is 38.4 Å². The molecule has 3 rings (SSSR count). The summed E-state index contributed by atoms with van der Waals surface area (Å²) in [6.07, 6.45) is 3.14. The first-order valence-electron chi connectivity index (χ1n) is 6.41. The van der Waals surface area contributed by atoms with Crippen molar-refractivity contribution in [2.24, 2.45) is 5.92 Å². The highest BCUT2D eigenvalue weighted by molar-refractivity contribution is 7.18. The van der Waals surface area contributed by atoms with E-state index in [4.69, 9.17) is 5.73 Å². The Morgan fingerprint density at radius 2 is 2.17 bits per heavy atom. The number of hydrogen-bond donors (Lipinski definition) is 1. The van der Waals surface area contributed by atoms with Crippen molar-refractivity contribution in [1.29, 1.82) is 0 Å². The molecule has 1 aromatic carbocycles. The molecule has 1 atom stereocenters. The van der Waals surface area contributed by atoms with Crippen LogP contribution in [0.4, 0.5) is 5.69 Å². The fourth-order valence-electron chi connectivity index (χ4n) is 2.77. The molecule has 0 spiro atoms. The molecular formula is C15H17NOS. The Balaban J connectivity index is 2.42. The van der Waals surface area contributed by atoms with Crippen LogP contribution in [0.2, 0.25) is 0 Å². The zero-order chi connectivity index (χ0) is 12.9. The molecule has 2 N–H and O–H groups in total. The van der Waals surface area contributed by atoms with Crippen molar-refractivity contribution < 1.29 is 0 Å². The van der Waals surface area contributed by atoms with Gasteiger partial charge in [0.1, 0.15) is 0 Å². The first-order valence-corrected chi connectivity index (χ1v) is 7.23. The Hall–Kier alpha value is -1.35. The number of aryl methyl sites for hydroxylation is 2. The smallest absolute Gasteiger partial charge is 0.193 e. The summed E-state index contributed by atoms with van der Waals surface area (Å²) in [4.78, 5) is 13.9. The SMILES string of the molecule is Cc1ccc(N)c2c(=O)c3c(sc12)CCC(C)C3. The second-order valence-electron chi connectivity index (χ2n) is 5.36. The molecular weight excluding hydrogens is 242 g/mol. The van der Waals surface area contributed by atoms with E-state index in [1.807, 2.05) is 12.1 Å². The molecule has 0 aliphatic heterocycles. The number of anilines is 1. The molecule has 1 aliphatic carbocycles. The van der Waals surface area contributed by atoms with Crippen LogP contribution in [0.15, 0.2) is 16.9 Å². The summed E-state index contributed by atoms with van der Waals surface area (Å²) < 4.78 is 1.08. The van der Waals surface area contributed by atoms with Crippen molar-refractivity contribution in [2.75, 3.05) is 5.73 Å². The molecule has 0 amide bonds. The number of benzene rings is 1. The van der Waals surface area contributed by atoms with Gasteiger partial charge in [0.2, 0.25) is 0 Å². The van der Waals surface area contributed by atoms with Crippen molar-refractivity contribution >= 4 is 27.1 Å². The Labute approximate surface area is 110 Å². The Bertz CT molecular complexity index is 687. The maximum atomic E-state index is 12.6. The van der Waals surface area contributed by atoms with Crippen molar-refractivity contribution in [2.45, 2.75) is 33.1 Å². The van der Waals surface area contributed by atoms with Crippen molar-refractivity contribution in [3.63, 3.8) is 0 Å². The lowest BCUT2D eigenvalue weighted by Crippen LogP contribution is -2.20. The van der Waals surface area contributed by atoms with Gasteiger partial charge in [-0.05, 0) is 43.7 Å². The fourth-order valence-corrected chi connectivity index (χ4v) is 4.07. The van der Waals surface area contributed by atoms with E-state index >= 15 is 0 Å². The molecule has 1 aliphatic rings. The van der Waals surface area contributed by atoms with Crippen LogP contribution in [0.1, 0.15) is 29.3 Å². The lowest BCUT2D eigenvalue weighted by molar-refractivity contribution is 0.504. The van der Waals surface area contributed by atoms with E-state index < -0.39 is 0 Å². The molecule has 0 saturated carbocycles. The molecule has 2 aromatic rings. The summed E-state index contributed by atoms with van der Waals surface area (Å²) in [5, 5.41) is 0.743. The number of nitrogen functional groups attached to an aromatic ring is 1. The molecule has 1 heterocycles. The molecule has 0 radical (unpaired) electrons. The second kappa shape index (κ2) is 4.09. The van der Waals surface area contributed by atoms with E-state index in [1.165, 1.54) is 11.3 Å². The van der Waals surface area contributed by atoms with Crippen LogP contribution in [0.5, 0.6) is 0 Å². The number of hydrogen-bond acceptors (Lipinski definition) is 3. The molecule has 18 heavy (non-hydrogen) atoms. The average molecular weight is 259 g/mol. The number of nitrogens with two attached hydrogens (primary N) is 1. The van der Waals surface area contributed by atoms with Crippen LogP contribution in [0.3, 0.4) is 0 Å². The van der Waals surface area contributed by atoms with Gasteiger partial charge in [-0.25, -0.2) is 0 Å². The summed E-state index contributed by atoms with van der Waals surface area (Å²) in [6, 6.07) is 3.86. The quantitative estimate of drug-likeness (QED) is 0.738. The standard InChI is InChI=1S/C15H17NOS/c1-8-3-6-12-10(7-8)14(17)13-11(16)5-4-9(2)15(13)18-12/h4-5,8H,3,6-7,16H2,1-2H3. The summed E-state index contributed by atoms with van der Waals surface area (Å²) >= 11 is 1.77. The van der Waals surface area contributed by atoms with E-state index in [9.17, 15) is 4.79 Å². The van der Waals surface area contributed by atoms with E-state index in [-0.39, 0.29) is 5.43 Å². The monoisotopic (exact) mass is 259 g/mol. The van der Waals surface area contributed by atoms with Gasteiger partial charge < -0.3 is 5.73 Å². The van der Waals surface area contributed by atoms with Gasteiger partial charge in [-0.3, -0.25) is 4.79 Å². The Morgan fingerprint density at radius 3 is 2.94 bits per heavy atom. The Kier molecular flexibility index (Phi) is 2.67. The van der Waals surface area contributed by atoms with Crippen molar-refractivity contribution in [3.8, 4) is 0 Å². The van der Waals surface area contributed by atoms with Gasteiger partial charge in [-0.15, -0.1) is 11.3 Å². The van der Waals surface area contributed by atoms with Gasteiger partial charge in [-0.2, -0.15) is 0 Å². The van der Waals surface area contributed by atoms with Crippen LogP contribution in [-0.4, -0.2) is 0 Å². The lowest BCUT2D eigenvalue weighted by Gasteiger charge is -2.21. The maximum absolute atomic E-state index is 12.6. The predicted molar refractivity (Wildman–Crippen MR) is 78.4 cm³/mol. The third kappa shape index (κ3) is 1.65. The van der Waals surface area contributed by atoms with Crippen LogP contribution in [0.25, 0.3) is 10.1 Å². The van der Waals surface area contributed by atoms with Crippen molar-refractivity contribution in [1.82, 2.24) is 0 Å². The van der Waals surface area contributed by atoms with Crippen LogP contribution >= 0.6 is 11.3 Å². The first kappa shape index (κ1) is 11.7. The third-order valence-electron chi connectivity index (χ3n) is 3.87. The highest BCUT2D eigenvalue weighted by Gasteiger charge is 2.21. The number of fused-ring (bicyclic) bond motifs is 2. The van der Waals surface area contributed by atoms with Gasteiger partial charge in [0.25, 0.3) is 0 Å². The minimum absolute atomic E-state index is 0.173. The summed E-state index contributed by atoms with van der Waals surface area (Å²) in [5.74, 6) is 0.612. The summed E-state index contributed by atoms with van der Waals surface area (Å²) in [7, 11) is 0. The van der Waals surface area contributed by atoms with Crippen LogP contribution < -0.4 is 11.2 Å². The van der Waals surface area contributed by atoms with E-state index in [0.717, 1.165) is 34.1 Å².